The van der Waals surface area contributed by atoms with Gasteiger partial charge in [0.2, 0.25) is 0 Å². The molecular formula is C22H28N6O2S. The predicted molar refractivity (Wildman–Crippen MR) is 121 cm³/mol. The van der Waals surface area contributed by atoms with Gasteiger partial charge in [-0.05, 0) is 58.0 Å². The van der Waals surface area contributed by atoms with Gasteiger partial charge in [0.1, 0.15) is 5.69 Å². The zero-order valence-corrected chi connectivity index (χ0v) is 19.0. The Morgan fingerprint density at radius 3 is 2.84 bits per heavy atom. The zero-order chi connectivity index (χ0) is 21.8. The molecule has 0 radical (unpaired) electrons. The van der Waals surface area contributed by atoms with Crippen LogP contribution in [0.3, 0.4) is 0 Å². The van der Waals surface area contributed by atoms with E-state index in [9.17, 15) is 4.79 Å². The van der Waals surface area contributed by atoms with Crippen LogP contribution in [0.15, 0.2) is 29.8 Å². The highest BCUT2D eigenvalue weighted by Gasteiger charge is 2.24. The van der Waals surface area contributed by atoms with Crippen LogP contribution >= 0.6 is 11.3 Å². The molecule has 1 fully saturated rings. The molecule has 1 saturated heterocycles. The molecule has 0 aromatic carbocycles. The van der Waals surface area contributed by atoms with Crippen LogP contribution in [-0.2, 0) is 4.74 Å². The highest BCUT2D eigenvalue weighted by atomic mass is 32.1. The highest BCUT2D eigenvalue weighted by Crippen LogP contribution is 2.30. The Kier molecular flexibility index (Phi) is 6.74. The van der Waals surface area contributed by atoms with Gasteiger partial charge in [0.05, 0.1) is 23.0 Å². The number of anilines is 1. The zero-order valence-electron chi connectivity index (χ0n) is 18.2. The minimum atomic E-state index is -0.226. The largest absolute Gasteiger partial charge is 0.383 e. The summed E-state index contributed by atoms with van der Waals surface area (Å²) >= 11 is 1.57. The summed E-state index contributed by atoms with van der Waals surface area (Å²) < 4.78 is 6.92. The molecule has 3 aromatic rings. The molecule has 0 unspecified atom stereocenters. The maximum absolute atomic E-state index is 12.9. The van der Waals surface area contributed by atoms with E-state index < -0.39 is 0 Å². The first-order valence-corrected chi connectivity index (χ1v) is 11.4. The molecule has 1 amide bonds. The van der Waals surface area contributed by atoms with Gasteiger partial charge in [-0.1, -0.05) is 0 Å². The second-order valence-electron chi connectivity index (χ2n) is 7.85. The van der Waals surface area contributed by atoms with Gasteiger partial charge in [-0.15, -0.1) is 11.3 Å². The molecule has 8 nitrogen and oxygen atoms in total. The number of ether oxygens (including phenoxy) is 1. The smallest absolute Gasteiger partial charge is 0.275 e. The Balaban J connectivity index is 1.43. The third kappa shape index (κ3) is 5.00. The number of nitrogens with one attached hydrogen (secondary N) is 1. The number of aryl methyl sites for hydroxylation is 2. The molecule has 1 aliphatic rings. The van der Waals surface area contributed by atoms with E-state index in [1.54, 1.807) is 35.4 Å². The topological polar surface area (TPSA) is 85.2 Å². The monoisotopic (exact) mass is 440 g/mol. The Hall–Kier alpha value is -2.62. The van der Waals surface area contributed by atoms with E-state index in [1.165, 1.54) is 0 Å². The van der Waals surface area contributed by atoms with Crippen molar-refractivity contribution in [1.82, 2.24) is 24.6 Å². The van der Waals surface area contributed by atoms with Gasteiger partial charge in [0.15, 0.2) is 5.82 Å². The Morgan fingerprint density at radius 1 is 1.32 bits per heavy atom. The molecule has 0 spiro atoms. The molecule has 9 heteroatoms. The summed E-state index contributed by atoms with van der Waals surface area (Å²) in [6, 6.07) is 5.61. The van der Waals surface area contributed by atoms with Crippen LogP contribution in [0.5, 0.6) is 0 Å². The first-order chi connectivity index (χ1) is 15.0. The number of rotatable bonds is 7. The number of likely N-dealkylation sites (tertiary alicyclic amines) is 1. The van der Waals surface area contributed by atoms with Gasteiger partial charge in [-0.3, -0.25) is 4.79 Å². The van der Waals surface area contributed by atoms with Crippen LogP contribution in [0.4, 0.5) is 5.69 Å². The second-order valence-corrected chi connectivity index (χ2v) is 8.74. The fraction of sp³-hybridized carbons (Fsp3) is 0.455. The lowest BCUT2D eigenvalue weighted by molar-refractivity contribution is 0.102. The summed E-state index contributed by atoms with van der Waals surface area (Å²) in [4.78, 5) is 24.4. The average molecular weight is 441 g/mol. The lowest BCUT2D eigenvalue weighted by atomic mass is 9.97. The number of aromatic nitrogens is 4. The molecule has 164 valence electrons. The number of carbonyl (C=O) groups is 1. The van der Waals surface area contributed by atoms with E-state index in [4.69, 9.17) is 4.74 Å². The summed E-state index contributed by atoms with van der Waals surface area (Å²) in [6.45, 7) is 7.71. The van der Waals surface area contributed by atoms with Gasteiger partial charge in [-0.25, -0.2) is 14.6 Å². The van der Waals surface area contributed by atoms with Crippen molar-refractivity contribution in [2.75, 3.05) is 38.7 Å². The van der Waals surface area contributed by atoms with Gasteiger partial charge >= 0.3 is 0 Å². The van der Waals surface area contributed by atoms with Gasteiger partial charge in [-0.2, -0.15) is 5.10 Å². The lowest BCUT2D eigenvalue weighted by Gasteiger charge is -2.30. The molecule has 0 bridgehead atoms. The van der Waals surface area contributed by atoms with E-state index in [0.717, 1.165) is 55.5 Å². The summed E-state index contributed by atoms with van der Waals surface area (Å²) in [7, 11) is 1.74. The number of amides is 1. The van der Waals surface area contributed by atoms with Crippen LogP contribution in [0.2, 0.25) is 0 Å². The van der Waals surface area contributed by atoms with Crippen LogP contribution in [0.25, 0.3) is 5.82 Å². The Labute approximate surface area is 186 Å². The highest BCUT2D eigenvalue weighted by molar-refractivity contribution is 7.10. The minimum absolute atomic E-state index is 0.226. The maximum Gasteiger partial charge on any atom is 0.275 e. The van der Waals surface area contributed by atoms with Crippen molar-refractivity contribution in [3.63, 3.8) is 0 Å². The fourth-order valence-electron chi connectivity index (χ4n) is 3.90. The van der Waals surface area contributed by atoms with E-state index in [0.29, 0.717) is 23.1 Å². The first-order valence-electron chi connectivity index (χ1n) is 10.5. The lowest BCUT2D eigenvalue weighted by Crippen LogP contribution is -2.35. The molecule has 0 atom stereocenters. The third-order valence-corrected chi connectivity index (χ3v) is 6.56. The SMILES string of the molecule is COCCN1CCC(c2nc(C(=O)Nc3cccnc3-n3nc(C)cc3C)cs2)CC1. The number of hydrogen-bond donors (Lipinski definition) is 1. The predicted octanol–water partition coefficient (Wildman–Crippen LogP) is 3.42. The van der Waals surface area contributed by atoms with Crippen molar-refractivity contribution >= 4 is 22.9 Å². The summed E-state index contributed by atoms with van der Waals surface area (Å²) in [5, 5.41) is 10.3. The van der Waals surface area contributed by atoms with Crippen LogP contribution < -0.4 is 5.32 Å². The van der Waals surface area contributed by atoms with E-state index in [1.807, 2.05) is 31.4 Å². The van der Waals surface area contributed by atoms with E-state index in [-0.39, 0.29) is 5.91 Å². The number of nitrogens with zero attached hydrogens (tertiary/aromatic N) is 5. The van der Waals surface area contributed by atoms with Gasteiger partial charge in [0.25, 0.3) is 5.91 Å². The number of pyridine rings is 1. The number of carbonyl (C=O) groups excluding carboxylic acids is 1. The first kappa shape index (κ1) is 21.6. The van der Waals surface area contributed by atoms with Crippen molar-refractivity contribution in [1.29, 1.82) is 0 Å². The van der Waals surface area contributed by atoms with Crippen LogP contribution in [-0.4, -0.2) is 63.9 Å². The molecule has 31 heavy (non-hydrogen) atoms. The molecular weight excluding hydrogens is 412 g/mol. The van der Waals surface area contributed by atoms with Gasteiger partial charge in [0, 0.05) is 36.8 Å². The minimum Gasteiger partial charge on any atom is -0.383 e. The standard InChI is InChI=1S/C22H28N6O2S/c1-15-13-16(2)28(26-15)20-18(5-4-8-23-20)24-21(29)19-14-31-22(25-19)17-6-9-27(10-7-17)11-12-30-3/h4-5,8,13-14,17H,6-7,9-12H2,1-3H3,(H,24,29). The molecule has 1 N–H and O–H groups in total. The molecule has 0 saturated carbocycles. The number of methoxy groups -OCH3 is 1. The van der Waals surface area contributed by atoms with E-state index in [2.05, 4.69) is 25.3 Å². The number of piperidine rings is 1. The maximum atomic E-state index is 12.9. The van der Waals surface area contributed by atoms with Crippen LogP contribution in [0, 0.1) is 13.8 Å². The summed E-state index contributed by atoms with van der Waals surface area (Å²) in [6.07, 6.45) is 3.81. The van der Waals surface area contributed by atoms with Crippen molar-refractivity contribution in [2.45, 2.75) is 32.6 Å². The molecule has 4 rings (SSSR count). The molecule has 3 aromatic heterocycles. The summed E-state index contributed by atoms with van der Waals surface area (Å²) in [5.41, 5.74) is 2.92. The fourth-order valence-corrected chi connectivity index (χ4v) is 4.87. The van der Waals surface area contributed by atoms with Crippen molar-refractivity contribution in [2.24, 2.45) is 0 Å². The molecule has 4 heterocycles. The number of thiazole rings is 1. The normalized spacial score (nSPS) is 15.3. The van der Waals surface area contributed by atoms with Crippen LogP contribution in [0.1, 0.15) is 45.6 Å². The second kappa shape index (κ2) is 9.67. The van der Waals surface area contributed by atoms with Crippen molar-refractivity contribution in [3.05, 3.63) is 51.9 Å². The average Bonchev–Trinajstić information content (AvgIpc) is 3.39. The van der Waals surface area contributed by atoms with Crippen molar-refractivity contribution < 1.29 is 9.53 Å². The molecule has 1 aliphatic heterocycles. The Morgan fingerprint density at radius 2 is 2.13 bits per heavy atom. The Bertz CT molecular complexity index is 1040. The van der Waals surface area contributed by atoms with Crippen molar-refractivity contribution in [3.8, 4) is 5.82 Å². The molecule has 0 aliphatic carbocycles. The summed E-state index contributed by atoms with van der Waals surface area (Å²) in [5.74, 6) is 0.783. The number of hydrogen-bond acceptors (Lipinski definition) is 7. The van der Waals surface area contributed by atoms with Gasteiger partial charge < -0.3 is 15.0 Å². The van der Waals surface area contributed by atoms with E-state index >= 15 is 0 Å². The quantitative estimate of drug-likeness (QED) is 0.606. The third-order valence-electron chi connectivity index (χ3n) is 5.55.